The summed E-state index contributed by atoms with van der Waals surface area (Å²) in [6.45, 7) is 1.64. The molecule has 0 radical (unpaired) electrons. The summed E-state index contributed by atoms with van der Waals surface area (Å²) in [5.74, 6) is 0. The number of hydrazine groups is 1. The lowest BCUT2D eigenvalue weighted by Gasteiger charge is -2.19. The van der Waals surface area contributed by atoms with E-state index in [0.717, 1.165) is 24.0 Å². The van der Waals surface area contributed by atoms with Gasteiger partial charge in [0.2, 0.25) is 0 Å². The van der Waals surface area contributed by atoms with Crippen LogP contribution in [0.2, 0.25) is 5.02 Å². The van der Waals surface area contributed by atoms with Crippen LogP contribution in [-0.4, -0.2) is 13.3 Å². The zero-order chi connectivity index (χ0) is 12.4. The number of halogens is 1. The van der Waals surface area contributed by atoms with Crippen molar-refractivity contribution in [3.8, 4) is 0 Å². The molecule has 2 aromatic carbocycles. The summed E-state index contributed by atoms with van der Waals surface area (Å²) in [7, 11) is 0. The van der Waals surface area contributed by atoms with Crippen LogP contribution in [0.4, 0.5) is 11.4 Å². The van der Waals surface area contributed by atoms with Gasteiger partial charge in [-0.05, 0) is 36.4 Å². The monoisotopic (exact) mass is 259 g/mol. The Balaban J connectivity index is 1.74. The maximum atomic E-state index is 5.89. The van der Waals surface area contributed by atoms with E-state index < -0.39 is 0 Å². The molecule has 3 nitrogen and oxygen atoms in total. The lowest BCUT2D eigenvalue weighted by atomic mass is 10.3. The van der Waals surface area contributed by atoms with Crippen molar-refractivity contribution in [2.24, 2.45) is 0 Å². The molecule has 1 fully saturated rings. The molecule has 1 N–H and O–H groups in total. The average Bonchev–Trinajstić information content (AvgIpc) is 2.90. The molecule has 0 saturated carbocycles. The van der Waals surface area contributed by atoms with Crippen molar-refractivity contribution in [3.63, 3.8) is 0 Å². The predicted molar refractivity (Wildman–Crippen MR) is 75.7 cm³/mol. The van der Waals surface area contributed by atoms with Crippen LogP contribution in [0.5, 0.6) is 0 Å². The van der Waals surface area contributed by atoms with E-state index in [4.69, 9.17) is 11.6 Å². The lowest BCUT2D eigenvalue weighted by molar-refractivity contribution is 0.787. The number of hydrogen-bond acceptors (Lipinski definition) is 3. The third-order valence-electron chi connectivity index (χ3n) is 3.02. The number of nitrogens with one attached hydrogen (secondary N) is 1. The molecule has 4 heteroatoms. The van der Waals surface area contributed by atoms with Gasteiger partial charge in [0.05, 0.1) is 12.4 Å². The topological polar surface area (TPSA) is 18.5 Å². The first-order valence-corrected chi connectivity index (χ1v) is 6.27. The number of anilines is 2. The van der Waals surface area contributed by atoms with Gasteiger partial charge in [-0.3, -0.25) is 5.01 Å². The van der Waals surface area contributed by atoms with E-state index in [1.807, 2.05) is 30.3 Å². The molecule has 0 aliphatic carbocycles. The quantitative estimate of drug-likeness (QED) is 0.894. The van der Waals surface area contributed by atoms with Gasteiger partial charge in [0.15, 0.2) is 0 Å². The SMILES string of the molecule is Clc1ccc(N2CN(c3ccccc3)CN2)cc1. The van der Waals surface area contributed by atoms with Crippen LogP contribution in [0.3, 0.4) is 0 Å². The Morgan fingerprint density at radius 2 is 1.61 bits per heavy atom. The maximum absolute atomic E-state index is 5.89. The third-order valence-corrected chi connectivity index (χ3v) is 3.28. The van der Waals surface area contributed by atoms with Gasteiger partial charge in [0.25, 0.3) is 0 Å². The molecule has 2 aromatic rings. The summed E-state index contributed by atoms with van der Waals surface area (Å²) >= 11 is 5.89. The predicted octanol–water partition coefficient (Wildman–Crippen LogP) is 3.09. The Hall–Kier alpha value is -1.71. The summed E-state index contributed by atoms with van der Waals surface area (Å²) in [6.07, 6.45) is 0. The second-order valence-corrected chi connectivity index (χ2v) is 4.67. The molecular weight excluding hydrogens is 246 g/mol. The van der Waals surface area contributed by atoms with E-state index in [9.17, 15) is 0 Å². The summed E-state index contributed by atoms with van der Waals surface area (Å²) in [6, 6.07) is 18.2. The second kappa shape index (κ2) is 4.88. The van der Waals surface area contributed by atoms with Gasteiger partial charge >= 0.3 is 0 Å². The standard InChI is InChI=1S/C14H14ClN3/c15-12-6-8-14(9-7-12)18-11-17(10-16-18)13-4-2-1-3-5-13/h1-9,16H,10-11H2. The molecule has 18 heavy (non-hydrogen) atoms. The molecule has 1 heterocycles. The largest absolute Gasteiger partial charge is 0.338 e. The van der Waals surface area contributed by atoms with Crippen molar-refractivity contribution < 1.29 is 0 Å². The number of nitrogens with zero attached hydrogens (tertiary/aromatic N) is 2. The average molecular weight is 260 g/mol. The van der Waals surface area contributed by atoms with Crippen LogP contribution in [0.1, 0.15) is 0 Å². The number of benzene rings is 2. The van der Waals surface area contributed by atoms with Crippen molar-refractivity contribution in [2.45, 2.75) is 0 Å². The van der Waals surface area contributed by atoms with E-state index in [2.05, 4.69) is 39.6 Å². The highest BCUT2D eigenvalue weighted by Crippen LogP contribution is 2.21. The normalized spacial score (nSPS) is 15.2. The smallest absolute Gasteiger partial charge is 0.107 e. The van der Waals surface area contributed by atoms with Gasteiger partial charge in [-0.1, -0.05) is 29.8 Å². The fraction of sp³-hybridized carbons (Fsp3) is 0.143. The minimum atomic E-state index is 0.762. The van der Waals surface area contributed by atoms with Crippen molar-refractivity contribution in [2.75, 3.05) is 23.2 Å². The van der Waals surface area contributed by atoms with Crippen molar-refractivity contribution >= 4 is 23.0 Å². The number of hydrogen-bond donors (Lipinski definition) is 1. The first kappa shape index (κ1) is 11.4. The van der Waals surface area contributed by atoms with E-state index in [0.29, 0.717) is 0 Å². The van der Waals surface area contributed by atoms with Crippen molar-refractivity contribution in [1.82, 2.24) is 5.43 Å². The molecule has 3 rings (SSSR count). The minimum Gasteiger partial charge on any atom is -0.338 e. The Bertz CT molecular complexity index is 512. The zero-order valence-corrected chi connectivity index (χ0v) is 10.6. The highest BCUT2D eigenvalue weighted by molar-refractivity contribution is 6.30. The van der Waals surface area contributed by atoms with Crippen LogP contribution >= 0.6 is 11.6 Å². The van der Waals surface area contributed by atoms with Crippen LogP contribution in [0, 0.1) is 0 Å². The van der Waals surface area contributed by atoms with Crippen LogP contribution in [0.15, 0.2) is 54.6 Å². The Morgan fingerprint density at radius 1 is 0.889 bits per heavy atom. The summed E-state index contributed by atoms with van der Waals surface area (Å²) in [4.78, 5) is 2.27. The molecule has 0 spiro atoms. The lowest BCUT2D eigenvalue weighted by Crippen LogP contribution is -2.30. The summed E-state index contributed by atoms with van der Waals surface area (Å²) < 4.78 is 0. The second-order valence-electron chi connectivity index (χ2n) is 4.24. The fourth-order valence-electron chi connectivity index (χ4n) is 2.05. The van der Waals surface area contributed by atoms with E-state index in [-0.39, 0.29) is 0 Å². The van der Waals surface area contributed by atoms with Gasteiger partial charge in [0.1, 0.15) is 6.67 Å². The molecule has 1 aliphatic rings. The molecule has 1 aliphatic heterocycles. The first-order chi connectivity index (χ1) is 8.83. The number of rotatable bonds is 2. The van der Waals surface area contributed by atoms with Crippen LogP contribution in [0.25, 0.3) is 0 Å². The molecule has 0 unspecified atom stereocenters. The first-order valence-electron chi connectivity index (χ1n) is 5.89. The molecule has 1 saturated heterocycles. The molecule has 92 valence electrons. The van der Waals surface area contributed by atoms with Crippen LogP contribution in [-0.2, 0) is 0 Å². The minimum absolute atomic E-state index is 0.762. The Labute approximate surface area is 112 Å². The van der Waals surface area contributed by atoms with Gasteiger partial charge in [-0.25, -0.2) is 5.43 Å². The van der Waals surface area contributed by atoms with Gasteiger partial charge in [-0.15, -0.1) is 0 Å². The van der Waals surface area contributed by atoms with Gasteiger partial charge in [0, 0.05) is 10.7 Å². The summed E-state index contributed by atoms with van der Waals surface area (Å²) in [5.41, 5.74) is 5.70. The maximum Gasteiger partial charge on any atom is 0.107 e. The van der Waals surface area contributed by atoms with Crippen molar-refractivity contribution in [1.29, 1.82) is 0 Å². The molecule has 0 atom stereocenters. The molecular formula is C14H14ClN3. The molecule has 0 aromatic heterocycles. The zero-order valence-electron chi connectivity index (χ0n) is 9.88. The highest BCUT2D eigenvalue weighted by Gasteiger charge is 2.19. The van der Waals surface area contributed by atoms with Crippen molar-refractivity contribution in [3.05, 3.63) is 59.6 Å². The highest BCUT2D eigenvalue weighted by atomic mass is 35.5. The summed E-state index contributed by atoms with van der Waals surface area (Å²) in [5, 5.41) is 2.88. The number of para-hydroxylation sites is 1. The fourth-order valence-corrected chi connectivity index (χ4v) is 2.17. The molecule has 0 amide bonds. The van der Waals surface area contributed by atoms with E-state index in [1.54, 1.807) is 0 Å². The van der Waals surface area contributed by atoms with E-state index in [1.165, 1.54) is 5.69 Å². The van der Waals surface area contributed by atoms with Crippen LogP contribution < -0.4 is 15.3 Å². The Kier molecular flexibility index (Phi) is 3.09. The van der Waals surface area contributed by atoms with Gasteiger partial charge < -0.3 is 4.90 Å². The Morgan fingerprint density at radius 3 is 2.33 bits per heavy atom. The third kappa shape index (κ3) is 2.28. The van der Waals surface area contributed by atoms with Gasteiger partial charge in [-0.2, -0.15) is 0 Å². The van der Waals surface area contributed by atoms with E-state index >= 15 is 0 Å². The molecule has 0 bridgehead atoms.